The second-order valence-corrected chi connectivity index (χ2v) is 2.78. The molecule has 1 radical (unpaired) electrons. The summed E-state index contributed by atoms with van der Waals surface area (Å²) in [6.45, 7) is 0.769. The average Bonchev–Trinajstić information content (AvgIpc) is 1.85. The Labute approximate surface area is 66.5 Å². The zero-order valence-electron chi connectivity index (χ0n) is 6.76. The van der Waals surface area contributed by atoms with E-state index in [-0.39, 0.29) is 5.82 Å². The Morgan fingerprint density at radius 1 is 1.55 bits per heavy atom. The maximum Gasteiger partial charge on any atom is 0.131 e. The Balaban J connectivity index is 2.71. The van der Waals surface area contributed by atoms with E-state index in [1.54, 1.807) is 6.07 Å². The first-order chi connectivity index (χ1) is 5.18. The van der Waals surface area contributed by atoms with Gasteiger partial charge in [-0.3, -0.25) is 0 Å². The fraction of sp³-hybridized carbons (Fsp3) is 0.333. The molecule has 1 rings (SSSR count). The summed E-state index contributed by atoms with van der Waals surface area (Å²) in [5, 5.41) is 0. The molecule has 0 aromatic heterocycles. The summed E-state index contributed by atoms with van der Waals surface area (Å²) in [7, 11) is 3.91. The SMILES string of the molecule is CN(C)Cc1cc[c]c(F)c1. The normalized spacial score (nSPS) is 10.5. The lowest BCUT2D eigenvalue weighted by atomic mass is 10.2. The molecule has 0 spiro atoms. The van der Waals surface area contributed by atoms with Gasteiger partial charge in [0.1, 0.15) is 5.82 Å². The fourth-order valence-corrected chi connectivity index (χ4v) is 0.944. The molecule has 0 aliphatic heterocycles. The first-order valence-electron chi connectivity index (χ1n) is 3.49. The van der Waals surface area contributed by atoms with Crippen molar-refractivity contribution in [2.75, 3.05) is 14.1 Å². The molecule has 0 N–H and O–H groups in total. The van der Waals surface area contributed by atoms with Crippen molar-refractivity contribution in [1.29, 1.82) is 0 Å². The van der Waals surface area contributed by atoms with Gasteiger partial charge >= 0.3 is 0 Å². The van der Waals surface area contributed by atoms with Crippen LogP contribution in [0.4, 0.5) is 4.39 Å². The van der Waals surface area contributed by atoms with Crippen molar-refractivity contribution >= 4 is 0 Å². The summed E-state index contributed by atoms with van der Waals surface area (Å²) in [4.78, 5) is 1.99. The van der Waals surface area contributed by atoms with E-state index in [2.05, 4.69) is 6.07 Å². The fourth-order valence-electron chi connectivity index (χ4n) is 0.944. The number of hydrogen-bond donors (Lipinski definition) is 0. The lowest BCUT2D eigenvalue weighted by Crippen LogP contribution is -2.10. The van der Waals surface area contributed by atoms with Crippen LogP contribution in [0.15, 0.2) is 18.2 Å². The van der Waals surface area contributed by atoms with Crippen LogP contribution < -0.4 is 0 Å². The van der Waals surface area contributed by atoms with E-state index < -0.39 is 0 Å². The first kappa shape index (κ1) is 8.21. The van der Waals surface area contributed by atoms with Gasteiger partial charge in [-0.1, -0.05) is 12.1 Å². The van der Waals surface area contributed by atoms with Crippen molar-refractivity contribution in [1.82, 2.24) is 4.90 Å². The van der Waals surface area contributed by atoms with E-state index in [4.69, 9.17) is 0 Å². The minimum atomic E-state index is -0.288. The molecule has 0 unspecified atom stereocenters. The molecule has 0 heterocycles. The number of benzene rings is 1. The van der Waals surface area contributed by atoms with E-state index in [1.165, 1.54) is 6.07 Å². The van der Waals surface area contributed by atoms with Gasteiger partial charge in [0.05, 0.1) is 0 Å². The number of halogens is 1. The smallest absolute Gasteiger partial charge is 0.131 e. The van der Waals surface area contributed by atoms with Crippen molar-refractivity contribution < 1.29 is 4.39 Å². The molecule has 1 nitrogen and oxygen atoms in total. The lowest BCUT2D eigenvalue weighted by Gasteiger charge is -2.08. The molecule has 0 atom stereocenters. The summed E-state index contributed by atoms with van der Waals surface area (Å²) in [5.41, 5.74) is 0.978. The molecule has 1 aromatic carbocycles. The van der Waals surface area contributed by atoms with Crippen LogP contribution in [-0.4, -0.2) is 19.0 Å². The number of nitrogens with zero attached hydrogens (tertiary/aromatic N) is 1. The molecule has 11 heavy (non-hydrogen) atoms. The van der Waals surface area contributed by atoms with Crippen molar-refractivity contribution in [2.45, 2.75) is 6.54 Å². The van der Waals surface area contributed by atoms with E-state index in [1.807, 2.05) is 25.1 Å². The third kappa shape index (κ3) is 2.68. The van der Waals surface area contributed by atoms with E-state index in [9.17, 15) is 4.39 Å². The molecule has 0 fully saturated rings. The Morgan fingerprint density at radius 3 is 2.82 bits per heavy atom. The third-order valence-corrected chi connectivity index (χ3v) is 1.33. The van der Waals surface area contributed by atoms with Crippen LogP contribution in [0, 0.1) is 11.9 Å². The minimum absolute atomic E-state index is 0.288. The van der Waals surface area contributed by atoms with Crippen LogP contribution in [0.2, 0.25) is 0 Å². The summed E-state index contributed by atoms with van der Waals surface area (Å²) in [6, 6.07) is 7.43. The number of rotatable bonds is 2. The Bertz CT molecular complexity index is 233. The molecule has 0 aliphatic rings. The summed E-state index contributed by atoms with van der Waals surface area (Å²) in [6.07, 6.45) is 0. The van der Waals surface area contributed by atoms with Crippen molar-refractivity contribution in [3.8, 4) is 0 Å². The largest absolute Gasteiger partial charge is 0.305 e. The van der Waals surface area contributed by atoms with Crippen LogP contribution in [0.3, 0.4) is 0 Å². The van der Waals surface area contributed by atoms with Crippen molar-refractivity contribution in [3.63, 3.8) is 0 Å². The van der Waals surface area contributed by atoms with Crippen LogP contribution in [-0.2, 0) is 6.54 Å². The first-order valence-corrected chi connectivity index (χ1v) is 3.49. The highest BCUT2D eigenvalue weighted by molar-refractivity contribution is 5.14. The molecular formula is C9H11FN. The lowest BCUT2D eigenvalue weighted by molar-refractivity contribution is 0.401. The van der Waals surface area contributed by atoms with Gasteiger partial charge in [-0.2, -0.15) is 0 Å². The highest BCUT2D eigenvalue weighted by Crippen LogP contribution is 2.03. The van der Waals surface area contributed by atoms with Crippen LogP contribution in [0.5, 0.6) is 0 Å². The van der Waals surface area contributed by atoms with Crippen LogP contribution >= 0.6 is 0 Å². The standard InChI is InChI=1S/C9H11FN/c1-11(2)7-8-4-3-5-9(10)6-8/h3-4,6H,7H2,1-2H3. The molecule has 59 valence electrons. The van der Waals surface area contributed by atoms with Gasteiger partial charge in [0.15, 0.2) is 0 Å². The predicted octanol–water partition coefficient (Wildman–Crippen LogP) is 1.69. The maximum atomic E-state index is 12.5. The Hall–Kier alpha value is -0.890. The molecular weight excluding hydrogens is 141 g/mol. The molecule has 0 amide bonds. The molecule has 0 aliphatic carbocycles. The maximum absolute atomic E-state index is 12.5. The van der Waals surface area contributed by atoms with Gasteiger partial charge in [0.25, 0.3) is 0 Å². The highest BCUT2D eigenvalue weighted by atomic mass is 19.1. The number of hydrogen-bond acceptors (Lipinski definition) is 1. The topological polar surface area (TPSA) is 3.24 Å². The van der Waals surface area contributed by atoms with Gasteiger partial charge in [0.2, 0.25) is 0 Å². The van der Waals surface area contributed by atoms with E-state index >= 15 is 0 Å². The molecule has 0 saturated carbocycles. The van der Waals surface area contributed by atoms with Crippen LogP contribution in [0.1, 0.15) is 5.56 Å². The second-order valence-electron chi connectivity index (χ2n) is 2.78. The molecule has 0 saturated heterocycles. The van der Waals surface area contributed by atoms with Crippen molar-refractivity contribution in [2.24, 2.45) is 0 Å². The average molecular weight is 152 g/mol. The predicted molar refractivity (Wildman–Crippen MR) is 42.6 cm³/mol. The quantitative estimate of drug-likeness (QED) is 0.623. The Morgan fingerprint density at radius 2 is 2.27 bits per heavy atom. The summed E-state index contributed by atoms with van der Waals surface area (Å²) >= 11 is 0. The Kier molecular flexibility index (Phi) is 2.60. The van der Waals surface area contributed by atoms with Gasteiger partial charge in [0, 0.05) is 12.6 Å². The zero-order valence-corrected chi connectivity index (χ0v) is 6.76. The van der Waals surface area contributed by atoms with Gasteiger partial charge < -0.3 is 4.90 Å². The van der Waals surface area contributed by atoms with E-state index in [0.717, 1.165) is 12.1 Å². The van der Waals surface area contributed by atoms with Gasteiger partial charge in [-0.05, 0) is 25.7 Å². The minimum Gasteiger partial charge on any atom is -0.305 e. The van der Waals surface area contributed by atoms with Crippen LogP contribution in [0.25, 0.3) is 0 Å². The second kappa shape index (κ2) is 3.49. The van der Waals surface area contributed by atoms with Gasteiger partial charge in [-0.25, -0.2) is 4.39 Å². The van der Waals surface area contributed by atoms with E-state index in [0.29, 0.717) is 0 Å². The third-order valence-electron chi connectivity index (χ3n) is 1.33. The molecule has 2 heteroatoms. The zero-order chi connectivity index (χ0) is 8.27. The molecule has 1 aromatic rings. The monoisotopic (exact) mass is 152 g/mol. The highest BCUT2D eigenvalue weighted by Gasteiger charge is 1.95. The summed E-state index contributed by atoms with van der Waals surface area (Å²) < 4.78 is 12.5. The molecule has 0 bridgehead atoms. The van der Waals surface area contributed by atoms with Crippen molar-refractivity contribution in [3.05, 3.63) is 35.6 Å². The van der Waals surface area contributed by atoms with Gasteiger partial charge in [-0.15, -0.1) is 0 Å². The summed E-state index contributed by atoms with van der Waals surface area (Å²) in [5.74, 6) is -0.288.